The molecule has 8 fully saturated rings. The minimum absolute atomic E-state index is 0.00244. The van der Waals surface area contributed by atoms with Crippen molar-refractivity contribution in [2.45, 2.75) is 166 Å². The Morgan fingerprint density at radius 3 is 1.68 bits per heavy atom. The lowest BCUT2D eigenvalue weighted by Crippen LogP contribution is -2.81. The highest BCUT2D eigenvalue weighted by Crippen LogP contribution is 2.72. The number of rotatable bonds is 21. The van der Waals surface area contributed by atoms with Gasteiger partial charge in [0.05, 0.1) is 23.6 Å². The summed E-state index contributed by atoms with van der Waals surface area (Å²) in [5, 5.41) is 40.5. The smallest absolute Gasteiger partial charge is 0.367 e. The number of piperidine rings is 2. The number of aromatic nitrogens is 6. The lowest BCUT2D eigenvalue weighted by Gasteiger charge is -2.76. The molecule has 2 aromatic carbocycles. The van der Waals surface area contributed by atoms with Crippen molar-refractivity contribution in [1.29, 1.82) is 10.5 Å². The van der Waals surface area contributed by atoms with Crippen LogP contribution in [0.4, 0.5) is 43.9 Å². The van der Waals surface area contributed by atoms with Crippen LogP contribution in [0, 0.1) is 60.2 Å². The average molecular weight is 1280 g/mol. The molecule has 91 heavy (non-hydrogen) atoms. The number of benzene rings is 2. The molecule has 6 aromatic heterocycles. The molecule has 0 spiro atoms. The summed E-state index contributed by atoms with van der Waals surface area (Å²) >= 11 is 2.05. The molecular formula is C66H71F6N15O2S2. The number of nitriles is 2. The summed E-state index contributed by atoms with van der Waals surface area (Å²) in [4.78, 5) is 49.4. The van der Waals surface area contributed by atoms with Crippen molar-refractivity contribution < 1.29 is 35.9 Å². The van der Waals surface area contributed by atoms with Gasteiger partial charge in [-0.2, -0.15) is 41.9 Å². The van der Waals surface area contributed by atoms with Crippen molar-refractivity contribution in [2.75, 3.05) is 48.7 Å². The number of nitrogens with one attached hydrogen (secondary N) is 5. The first-order chi connectivity index (χ1) is 43.4. The van der Waals surface area contributed by atoms with Crippen molar-refractivity contribution in [3.63, 3.8) is 0 Å². The first-order valence-electron chi connectivity index (χ1n) is 31.4. The second kappa shape index (κ2) is 22.6. The molecule has 476 valence electrons. The van der Waals surface area contributed by atoms with E-state index in [1.807, 2.05) is 12.1 Å². The van der Waals surface area contributed by atoms with Gasteiger partial charge in [-0.05, 0) is 154 Å². The van der Waals surface area contributed by atoms with E-state index in [4.69, 9.17) is 4.98 Å². The minimum Gasteiger partial charge on any atom is -0.367 e. The monoisotopic (exact) mass is 1280 g/mol. The van der Waals surface area contributed by atoms with Crippen molar-refractivity contribution in [1.82, 2.24) is 49.5 Å². The van der Waals surface area contributed by atoms with Crippen molar-refractivity contribution in [2.24, 2.45) is 16.7 Å². The van der Waals surface area contributed by atoms with Gasteiger partial charge >= 0.3 is 12.4 Å². The minimum atomic E-state index is -4.40. The van der Waals surface area contributed by atoms with Crippen LogP contribution >= 0.6 is 22.7 Å². The number of alkyl halides is 6. The van der Waals surface area contributed by atoms with Gasteiger partial charge in [0.2, 0.25) is 18.3 Å². The lowest BCUT2D eigenvalue weighted by molar-refractivity contribution is -0.228. The van der Waals surface area contributed by atoms with Crippen LogP contribution < -0.4 is 26.6 Å². The summed E-state index contributed by atoms with van der Waals surface area (Å²) < 4.78 is 85.0. The van der Waals surface area contributed by atoms with E-state index >= 15 is 0 Å². The Morgan fingerprint density at radius 2 is 1.19 bits per heavy atom. The first-order valence-corrected chi connectivity index (χ1v) is 33.0. The molecule has 5 N–H and O–H groups in total. The second-order valence-electron chi connectivity index (χ2n) is 27.3. The van der Waals surface area contributed by atoms with Crippen LogP contribution in [0.1, 0.15) is 120 Å². The molecule has 2 aliphatic heterocycles. The van der Waals surface area contributed by atoms with E-state index in [0.29, 0.717) is 55.8 Å². The Labute approximate surface area is 530 Å². The maximum atomic E-state index is 13.7. The predicted molar refractivity (Wildman–Crippen MR) is 339 cm³/mol. The van der Waals surface area contributed by atoms with Crippen molar-refractivity contribution in [3.8, 4) is 12.1 Å². The van der Waals surface area contributed by atoms with Crippen LogP contribution in [0.3, 0.4) is 0 Å². The number of hydrogen-bond donors (Lipinski definition) is 5. The summed E-state index contributed by atoms with van der Waals surface area (Å²) in [5.41, 5.74) is 7.54. The Bertz CT molecular complexity index is 4280. The molecule has 2 amide bonds. The van der Waals surface area contributed by atoms with Gasteiger partial charge in [-0.15, -0.1) is 22.7 Å². The van der Waals surface area contributed by atoms with Crippen LogP contribution in [-0.4, -0.2) is 119 Å². The van der Waals surface area contributed by atoms with Gasteiger partial charge in [-0.1, -0.05) is 19.1 Å². The third kappa shape index (κ3) is 11.5. The molecule has 8 heterocycles. The Hall–Kier alpha value is -7.58. The highest BCUT2D eigenvalue weighted by molar-refractivity contribution is 7.19. The largest absolute Gasteiger partial charge is 0.393 e. The van der Waals surface area contributed by atoms with E-state index < -0.39 is 25.2 Å². The van der Waals surface area contributed by atoms with Crippen LogP contribution in [0.25, 0.3) is 42.2 Å². The summed E-state index contributed by atoms with van der Waals surface area (Å²) in [6, 6.07) is 20.6. The van der Waals surface area contributed by atoms with Crippen molar-refractivity contribution in [3.05, 3.63) is 97.8 Å². The van der Waals surface area contributed by atoms with Gasteiger partial charge in [0.15, 0.2) is 0 Å². The maximum Gasteiger partial charge on any atom is 0.393 e. The van der Waals surface area contributed by atoms with Crippen LogP contribution in [0.15, 0.2) is 48.5 Å². The maximum absolute atomic E-state index is 13.7. The van der Waals surface area contributed by atoms with Gasteiger partial charge in [-0.25, -0.2) is 15.0 Å². The molecule has 8 aliphatic rings. The molecule has 25 heteroatoms. The zero-order valence-corrected chi connectivity index (χ0v) is 52.8. The highest BCUT2D eigenvalue weighted by atomic mass is 32.1. The van der Waals surface area contributed by atoms with Crippen molar-refractivity contribution >= 4 is 94.8 Å². The number of hydrogen-bond acceptors (Lipinski definition) is 15. The number of anilines is 3. The third-order valence-corrected chi connectivity index (χ3v) is 23.2. The molecule has 8 aromatic rings. The van der Waals surface area contributed by atoms with E-state index in [0.717, 1.165) is 166 Å². The number of aryl methyl sites for hydroxylation is 3. The van der Waals surface area contributed by atoms with Gasteiger partial charge in [0.1, 0.15) is 50.6 Å². The van der Waals surface area contributed by atoms with E-state index in [1.54, 1.807) is 13.0 Å². The Morgan fingerprint density at radius 1 is 0.681 bits per heavy atom. The molecule has 0 unspecified atom stereocenters. The second-order valence-corrected chi connectivity index (χ2v) is 29.5. The van der Waals surface area contributed by atoms with Crippen LogP contribution in [0.5, 0.6) is 0 Å². The summed E-state index contributed by atoms with van der Waals surface area (Å²) in [7, 11) is 0. The average Bonchev–Trinajstić information content (AvgIpc) is 1.17. The number of carbonyl (C=O) groups excluding carboxylic acids is 2. The Balaban J connectivity index is 0.567. The number of halogens is 6. The molecule has 6 saturated carbocycles. The number of likely N-dealkylation sites (tertiary alicyclic amines) is 2. The number of fused-ring (bicyclic) bond motifs is 4. The molecule has 16 rings (SSSR count). The van der Waals surface area contributed by atoms with E-state index in [9.17, 15) is 46.5 Å². The fraction of sp³-hybridized carbons (Fsp3) is 0.515. The van der Waals surface area contributed by atoms with Gasteiger partial charge in [0, 0.05) is 120 Å². The van der Waals surface area contributed by atoms with Gasteiger partial charge in [0.25, 0.3) is 0 Å². The normalized spacial score (nSPS) is 24.3. The summed E-state index contributed by atoms with van der Waals surface area (Å²) in [6.07, 6.45) is -2.26. The molecule has 6 aliphatic carbocycles. The fourth-order valence-electron chi connectivity index (χ4n) is 16.5. The topological polar surface area (TPSA) is 210 Å². The quantitative estimate of drug-likeness (QED) is 0.0335. The number of nitrogens with zero attached hydrogens (tertiary/aromatic N) is 10. The zero-order chi connectivity index (χ0) is 63.6. The van der Waals surface area contributed by atoms with E-state index in [2.05, 4.69) is 118 Å². The molecule has 17 nitrogen and oxygen atoms in total. The Kier molecular flexibility index (Phi) is 15.2. The predicted octanol–water partition coefficient (Wildman–Crippen LogP) is 12.1. The SMILES string of the molecule is Cc1nc(NC2CCN(Cc3ccc4c(cc(C#N)n4CC45CC(NC(=O)CCNc6nc(NC7CCN(Cc8ccc9c(cc(C#N)n9CC9%10CC(NC=O)(C9)C%10)c8C)CC7)c7cc(CC(F)(F)F)sc7n6)(C4)[C@H]5C)c3C)CC2)c2cc(CC(F)(F)F)sc2n1. The highest BCUT2D eigenvalue weighted by Gasteiger charge is 2.74. The molecule has 0 radical (unpaired) electrons. The van der Waals surface area contributed by atoms with Crippen LogP contribution in [-0.2, 0) is 48.6 Å². The molecule has 1 atom stereocenters. The third-order valence-electron chi connectivity index (χ3n) is 21.1. The molecular weight excluding hydrogens is 1210 g/mol. The lowest BCUT2D eigenvalue weighted by atomic mass is 9.33. The zero-order valence-electron chi connectivity index (χ0n) is 51.2. The van der Waals surface area contributed by atoms with Crippen LogP contribution in [0.2, 0.25) is 0 Å². The number of thiophene rings is 2. The standard InChI is InChI=1S/C66H71F6N15O2S2/c1-37-41(5-7-53-49(37)19-45(25-73)86(53)34-61-29-63(30-61,31-61)76-36-88)27-85-17-12-44(13-18-85)80-57-52-22-48(24-66(70,71)72)91-59(52)82-60(81-57)75-14-9-55(89)83-64-32-62(33-64,39(64)3)35-87-46(26-74)20-50-38(2)42(6-8-54(50)87)28-84-15-10-43(11-16-84)79-56-51-21-47(23-65(67,68)69)90-58(51)78-40(4)77-56/h5-8,19-22,36,39,43-44H,9-18,23-24,27-35H2,1-4H3,(H,76,88)(H,83,89)(H,77,78,79)(H2,75,80,81,82)/t39-,61?,62?,63?,64?/m0/s1. The van der Waals surface area contributed by atoms with Gasteiger partial charge in [-0.3, -0.25) is 19.4 Å². The fourth-order valence-corrected chi connectivity index (χ4v) is 18.6. The summed E-state index contributed by atoms with van der Waals surface area (Å²) in [6.45, 7) is 14.4. The van der Waals surface area contributed by atoms with E-state index in [-0.39, 0.29) is 74.5 Å². The van der Waals surface area contributed by atoms with E-state index in [1.165, 1.54) is 17.2 Å². The van der Waals surface area contributed by atoms with Gasteiger partial charge < -0.3 is 35.7 Å². The number of carbonyl (C=O) groups is 2. The summed E-state index contributed by atoms with van der Waals surface area (Å²) in [5.74, 6) is 1.82. The number of amides is 2. The molecule has 2 saturated heterocycles. The first kappa shape index (κ1) is 61.0. The molecule has 4 bridgehead atoms.